The maximum absolute atomic E-state index is 13.0. The zero-order chi connectivity index (χ0) is 17.7. The van der Waals surface area contributed by atoms with Gasteiger partial charge in [0.05, 0.1) is 13.7 Å². The number of nitrogens with zero attached hydrogens (tertiary/aromatic N) is 1. The first kappa shape index (κ1) is 18.6. The molecule has 0 saturated carbocycles. The minimum Gasteiger partial charge on any atom is -0.497 e. The first-order chi connectivity index (χ1) is 11.3. The van der Waals surface area contributed by atoms with Crippen molar-refractivity contribution < 1.29 is 27.4 Å². The summed E-state index contributed by atoms with van der Waals surface area (Å²) in [6, 6.07) is 7.19. The molecule has 2 rings (SSSR count). The highest BCUT2D eigenvalue weighted by Gasteiger charge is 2.40. The molecule has 0 unspecified atom stereocenters. The summed E-state index contributed by atoms with van der Waals surface area (Å²) in [5.74, 6) is 0.0653. The van der Waals surface area contributed by atoms with E-state index in [1.165, 1.54) is 14.0 Å². The second-order valence-electron chi connectivity index (χ2n) is 4.52. The van der Waals surface area contributed by atoms with E-state index in [1.54, 1.807) is 18.2 Å². The zero-order valence-electron chi connectivity index (χ0n) is 12.8. The van der Waals surface area contributed by atoms with Gasteiger partial charge in [-0.05, 0) is 24.6 Å². The molecule has 1 aromatic heterocycles. The molecule has 0 aliphatic rings. The van der Waals surface area contributed by atoms with E-state index in [2.05, 4.69) is 9.72 Å². The lowest BCUT2D eigenvalue weighted by atomic mass is 10.2. The minimum atomic E-state index is -4.70. The monoisotopic (exact) mass is 377 g/mol. The van der Waals surface area contributed by atoms with Crippen molar-refractivity contribution in [2.75, 3.05) is 13.7 Å². The SMILES string of the molecule is CCOC(=O)c1sc(SCc2cccc(OC)c2)nc1C(F)(F)F. The van der Waals surface area contributed by atoms with Gasteiger partial charge in [-0.15, -0.1) is 11.3 Å². The molecule has 0 spiro atoms. The lowest BCUT2D eigenvalue weighted by molar-refractivity contribution is -0.141. The van der Waals surface area contributed by atoms with Gasteiger partial charge in [-0.3, -0.25) is 0 Å². The molecule has 0 N–H and O–H groups in total. The molecule has 130 valence electrons. The van der Waals surface area contributed by atoms with Crippen LogP contribution in [0.2, 0.25) is 0 Å². The third kappa shape index (κ3) is 4.64. The summed E-state index contributed by atoms with van der Waals surface area (Å²) in [5, 5.41) is 0. The van der Waals surface area contributed by atoms with Crippen molar-refractivity contribution in [3.63, 3.8) is 0 Å². The molecule has 1 heterocycles. The fourth-order valence-electron chi connectivity index (χ4n) is 1.80. The molecule has 0 bridgehead atoms. The number of alkyl halides is 3. The summed E-state index contributed by atoms with van der Waals surface area (Å²) in [6.45, 7) is 1.53. The third-order valence-electron chi connectivity index (χ3n) is 2.83. The van der Waals surface area contributed by atoms with E-state index in [-0.39, 0.29) is 10.9 Å². The number of thioether (sulfide) groups is 1. The molecule has 4 nitrogen and oxygen atoms in total. The second kappa shape index (κ2) is 7.89. The van der Waals surface area contributed by atoms with Crippen LogP contribution >= 0.6 is 23.1 Å². The summed E-state index contributed by atoms with van der Waals surface area (Å²) in [6.07, 6.45) is -4.70. The minimum absolute atomic E-state index is 0.000314. The van der Waals surface area contributed by atoms with Crippen molar-refractivity contribution in [3.05, 3.63) is 40.4 Å². The largest absolute Gasteiger partial charge is 0.497 e. The lowest BCUT2D eigenvalue weighted by Crippen LogP contribution is -2.13. The van der Waals surface area contributed by atoms with Crippen LogP contribution in [-0.4, -0.2) is 24.7 Å². The maximum atomic E-state index is 13.0. The standard InChI is InChI=1S/C15H14F3NO3S2/c1-3-22-13(20)11-12(15(16,17)18)19-14(24-11)23-8-9-5-4-6-10(7-9)21-2/h4-7H,3,8H2,1-2H3. The van der Waals surface area contributed by atoms with Gasteiger partial charge in [0.1, 0.15) is 10.6 Å². The molecular weight excluding hydrogens is 363 g/mol. The predicted molar refractivity (Wildman–Crippen MR) is 85.6 cm³/mol. The van der Waals surface area contributed by atoms with E-state index < -0.39 is 22.7 Å². The number of halogens is 3. The number of ether oxygens (including phenoxy) is 2. The van der Waals surface area contributed by atoms with E-state index in [1.807, 2.05) is 6.07 Å². The Kier molecular flexibility index (Phi) is 6.11. The molecular formula is C15H14F3NO3S2. The van der Waals surface area contributed by atoms with E-state index in [4.69, 9.17) is 4.74 Å². The number of carbonyl (C=O) groups excluding carboxylic acids is 1. The zero-order valence-corrected chi connectivity index (χ0v) is 14.5. The van der Waals surface area contributed by atoms with Crippen LogP contribution < -0.4 is 4.74 Å². The van der Waals surface area contributed by atoms with Crippen molar-refractivity contribution in [1.29, 1.82) is 0 Å². The molecule has 0 aliphatic heterocycles. The maximum Gasteiger partial charge on any atom is 0.435 e. The van der Waals surface area contributed by atoms with Crippen LogP contribution in [0.4, 0.5) is 13.2 Å². The molecule has 0 amide bonds. The summed E-state index contributed by atoms with van der Waals surface area (Å²) in [4.78, 5) is 14.8. The van der Waals surface area contributed by atoms with E-state index >= 15 is 0 Å². The smallest absolute Gasteiger partial charge is 0.435 e. The van der Waals surface area contributed by atoms with Gasteiger partial charge in [-0.25, -0.2) is 9.78 Å². The quantitative estimate of drug-likeness (QED) is 0.542. The Bertz CT molecular complexity index is 716. The van der Waals surface area contributed by atoms with E-state index in [0.29, 0.717) is 22.8 Å². The van der Waals surface area contributed by atoms with Crippen molar-refractivity contribution in [1.82, 2.24) is 4.98 Å². The van der Waals surface area contributed by atoms with Crippen molar-refractivity contribution in [2.24, 2.45) is 0 Å². The first-order valence-corrected chi connectivity index (χ1v) is 8.66. The van der Waals surface area contributed by atoms with Crippen LogP contribution in [0.25, 0.3) is 0 Å². The number of methoxy groups -OCH3 is 1. The molecule has 9 heteroatoms. The number of esters is 1. The summed E-state index contributed by atoms with van der Waals surface area (Å²) >= 11 is 1.81. The van der Waals surface area contributed by atoms with Crippen molar-refractivity contribution >= 4 is 29.1 Å². The van der Waals surface area contributed by atoms with Gasteiger partial charge < -0.3 is 9.47 Å². The van der Waals surface area contributed by atoms with E-state index in [0.717, 1.165) is 17.3 Å². The molecule has 0 atom stereocenters. The molecule has 0 radical (unpaired) electrons. The van der Waals surface area contributed by atoms with Gasteiger partial charge in [0.15, 0.2) is 10.0 Å². The Balaban J connectivity index is 2.19. The van der Waals surface area contributed by atoms with Crippen LogP contribution in [-0.2, 0) is 16.7 Å². The molecule has 2 aromatic rings. The lowest BCUT2D eigenvalue weighted by Gasteiger charge is -2.05. The van der Waals surface area contributed by atoms with Gasteiger partial charge in [-0.1, -0.05) is 23.9 Å². The number of rotatable bonds is 6. The molecule has 24 heavy (non-hydrogen) atoms. The van der Waals surface area contributed by atoms with Crippen LogP contribution in [0.3, 0.4) is 0 Å². The Morgan fingerprint density at radius 1 is 1.38 bits per heavy atom. The Labute approximate surface area is 145 Å². The summed E-state index contributed by atoms with van der Waals surface area (Å²) < 4.78 is 49.0. The highest BCUT2D eigenvalue weighted by atomic mass is 32.2. The van der Waals surface area contributed by atoms with Gasteiger partial charge >= 0.3 is 12.1 Å². The molecule has 0 aliphatic carbocycles. The normalized spacial score (nSPS) is 11.4. The number of aromatic nitrogens is 1. The highest BCUT2D eigenvalue weighted by Crippen LogP contribution is 2.38. The number of carbonyl (C=O) groups is 1. The van der Waals surface area contributed by atoms with Gasteiger partial charge in [0, 0.05) is 5.75 Å². The van der Waals surface area contributed by atoms with Crippen LogP contribution in [0, 0.1) is 0 Å². The van der Waals surface area contributed by atoms with Crippen molar-refractivity contribution in [3.8, 4) is 5.75 Å². The van der Waals surface area contributed by atoms with Crippen LogP contribution in [0.1, 0.15) is 27.9 Å². The van der Waals surface area contributed by atoms with Gasteiger partial charge in [0.25, 0.3) is 0 Å². The Hall–Kier alpha value is -1.74. The topological polar surface area (TPSA) is 48.4 Å². The highest BCUT2D eigenvalue weighted by molar-refractivity contribution is 8.00. The number of thiazole rings is 1. The fraction of sp³-hybridized carbons (Fsp3) is 0.333. The Morgan fingerprint density at radius 3 is 2.75 bits per heavy atom. The Morgan fingerprint density at radius 2 is 2.12 bits per heavy atom. The predicted octanol–water partition coefficient (Wildman–Crippen LogP) is 4.64. The van der Waals surface area contributed by atoms with E-state index in [9.17, 15) is 18.0 Å². The summed E-state index contributed by atoms with van der Waals surface area (Å²) in [5.41, 5.74) is -0.320. The van der Waals surface area contributed by atoms with Crippen LogP contribution in [0.15, 0.2) is 28.6 Å². The van der Waals surface area contributed by atoms with Gasteiger partial charge in [0.2, 0.25) is 0 Å². The molecule has 0 saturated heterocycles. The second-order valence-corrected chi connectivity index (χ2v) is 6.74. The fourth-order valence-corrected chi connectivity index (χ4v) is 3.80. The third-order valence-corrected chi connectivity index (χ3v) is 5.08. The number of hydrogen-bond acceptors (Lipinski definition) is 6. The number of hydrogen-bond donors (Lipinski definition) is 0. The number of benzene rings is 1. The molecule has 0 fully saturated rings. The van der Waals surface area contributed by atoms with Gasteiger partial charge in [-0.2, -0.15) is 13.2 Å². The molecule has 1 aromatic carbocycles. The average Bonchev–Trinajstić information content (AvgIpc) is 2.98. The summed E-state index contributed by atoms with van der Waals surface area (Å²) in [7, 11) is 1.54. The average molecular weight is 377 g/mol. The van der Waals surface area contributed by atoms with Crippen LogP contribution in [0.5, 0.6) is 5.75 Å². The first-order valence-electron chi connectivity index (χ1n) is 6.86. The van der Waals surface area contributed by atoms with Crippen molar-refractivity contribution in [2.45, 2.75) is 23.2 Å².